The molecule has 0 aliphatic rings. The lowest BCUT2D eigenvalue weighted by atomic mass is 10.1. The molecule has 2 heteroatoms. The summed E-state index contributed by atoms with van der Waals surface area (Å²) in [6, 6.07) is 8.25. The molecule has 0 aromatic heterocycles. The molecule has 0 saturated heterocycles. The Kier molecular flexibility index (Phi) is 7.99. The first kappa shape index (κ1) is 15.8. The largest absolute Gasteiger partial charge is 0.489 e. The predicted octanol–water partition coefficient (Wildman–Crippen LogP) is 3.96. The molecule has 0 bridgehead atoms. The third-order valence-electron chi connectivity index (χ3n) is 3.04. The van der Waals surface area contributed by atoms with E-state index in [-0.39, 0.29) is 6.10 Å². The van der Waals surface area contributed by atoms with Crippen molar-refractivity contribution in [1.29, 1.82) is 0 Å². The van der Waals surface area contributed by atoms with Crippen molar-refractivity contribution in [3.05, 3.63) is 42.5 Å². The van der Waals surface area contributed by atoms with Gasteiger partial charge < -0.3 is 10.1 Å². The highest BCUT2D eigenvalue weighted by Crippen LogP contribution is 2.21. The van der Waals surface area contributed by atoms with Gasteiger partial charge in [-0.05, 0) is 37.4 Å². The topological polar surface area (TPSA) is 21.3 Å². The fourth-order valence-electron chi connectivity index (χ4n) is 2.09. The summed E-state index contributed by atoms with van der Waals surface area (Å²) in [4.78, 5) is 0. The Labute approximate surface area is 117 Å². The van der Waals surface area contributed by atoms with Crippen LogP contribution in [0.2, 0.25) is 0 Å². The Morgan fingerprint density at radius 3 is 2.74 bits per heavy atom. The predicted molar refractivity (Wildman–Crippen MR) is 82.8 cm³/mol. The van der Waals surface area contributed by atoms with E-state index in [4.69, 9.17) is 4.74 Å². The summed E-state index contributed by atoms with van der Waals surface area (Å²) in [5.74, 6) is 0.999. The summed E-state index contributed by atoms with van der Waals surface area (Å²) in [6.07, 6.45) is 6.42. The Bertz CT molecular complexity index is 362. The van der Waals surface area contributed by atoms with Gasteiger partial charge in [0.15, 0.2) is 0 Å². The van der Waals surface area contributed by atoms with E-state index in [1.165, 1.54) is 5.56 Å². The van der Waals surface area contributed by atoms with E-state index in [0.29, 0.717) is 0 Å². The number of allylic oxidation sites excluding steroid dienone is 1. The number of ether oxygens (including phenoxy) is 1. The highest BCUT2D eigenvalue weighted by atomic mass is 16.5. The van der Waals surface area contributed by atoms with Crippen LogP contribution >= 0.6 is 0 Å². The van der Waals surface area contributed by atoms with Crippen LogP contribution in [0.1, 0.15) is 38.7 Å². The second-order valence-corrected chi connectivity index (χ2v) is 4.83. The van der Waals surface area contributed by atoms with E-state index >= 15 is 0 Å². The highest BCUT2D eigenvalue weighted by Gasteiger charge is 2.11. The van der Waals surface area contributed by atoms with Gasteiger partial charge in [0.2, 0.25) is 0 Å². The van der Waals surface area contributed by atoms with Crippen LogP contribution in [0.25, 0.3) is 0 Å². The average molecular weight is 261 g/mol. The Balaban J connectivity index is 2.63. The molecule has 1 aromatic carbocycles. The molecule has 0 heterocycles. The van der Waals surface area contributed by atoms with Gasteiger partial charge in [0.05, 0.1) is 0 Å². The van der Waals surface area contributed by atoms with Crippen molar-refractivity contribution >= 4 is 0 Å². The Morgan fingerprint density at radius 1 is 1.26 bits per heavy atom. The lowest BCUT2D eigenvalue weighted by Gasteiger charge is -2.21. The van der Waals surface area contributed by atoms with Crippen LogP contribution in [0.3, 0.4) is 0 Å². The number of para-hydroxylation sites is 1. The molecule has 106 valence electrons. The fraction of sp³-hybridized carbons (Fsp3) is 0.529. The quantitative estimate of drug-likeness (QED) is 0.508. The molecule has 0 fully saturated rings. The molecule has 0 saturated carbocycles. The number of rotatable bonds is 10. The Morgan fingerprint density at radius 2 is 2.05 bits per heavy atom. The number of hydrogen-bond acceptors (Lipinski definition) is 2. The maximum Gasteiger partial charge on any atom is 0.123 e. The van der Waals surface area contributed by atoms with Gasteiger partial charge >= 0.3 is 0 Å². The van der Waals surface area contributed by atoms with Crippen molar-refractivity contribution < 1.29 is 4.74 Å². The molecule has 0 radical (unpaired) electrons. The zero-order valence-corrected chi connectivity index (χ0v) is 12.3. The van der Waals surface area contributed by atoms with E-state index in [1.807, 2.05) is 12.1 Å². The van der Waals surface area contributed by atoms with Crippen LogP contribution in [0.15, 0.2) is 36.9 Å². The minimum absolute atomic E-state index is 0.252. The maximum atomic E-state index is 6.17. The van der Waals surface area contributed by atoms with Crippen molar-refractivity contribution in [2.45, 2.75) is 45.6 Å². The van der Waals surface area contributed by atoms with Crippen LogP contribution in [0.5, 0.6) is 5.75 Å². The molecule has 0 aliphatic carbocycles. The van der Waals surface area contributed by atoms with Crippen LogP contribution in [-0.2, 0) is 6.42 Å². The Hall–Kier alpha value is -1.28. The molecule has 1 aromatic rings. The lowest BCUT2D eigenvalue weighted by molar-refractivity contribution is 0.185. The molecular weight excluding hydrogens is 234 g/mol. The summed E-state index contributed by atoms with van der Waals surface area (Å²) in [6.45, 7) is 10.2. The molecule has 0 amide bonds. The molecule has 1 rings (SSSR count). The van der Waals surface area contributed by atoms with E-state index in [9.17, 15) is 0 Å². The van der Waals surface area contributed by atoms with Gasteiger partial charge in [0.1, 0.15) is 11.9 Å². The minimum atomic E-state index is 0.252. The molecular formula is C17H27NO. The summed E-state index contributed by atoms with van der Waals surface area (Å²) < 4.78 is 6.17. The average Bonchev–Trinajstić information content (AvgIpc) is 2.42. The first-order valence-electron chi connectivity index (χ1n) is 7.38. The zero-order valence-electron chi connectivity index (χ0n) is 12.3. The zero-order chi connectivity index (χ0) is 13.9. The van der Waals surface area contributed by atoms with Crippen molar-refractivity contribution in [1.82, 2.24) is 5.32 Å². The first-order chi connectivity index (χ1) is 9.31. The maximum absolute atomic E-state index is 6.17. The fourth-order valence-corrected chi connectivity index (χ4v) is 2.09. The molecule has 0 aliphatic heterocycles. The first-order valence-corrected chi connectivity index (χ1v) is 7.38. The summed E-state index contributed by atoms with van der Waals surface area (Å²) in [5, 5.41) is 3.45. The van der Waals surface area contributed by atoms with Gasteiger partial charge in [0.25, 0.3) is 0 Å². The number of benzene rings is 1. The van der Waals surface area contributed by atoms with E-state index in [1.54, 1.807) is 0 Å². The van der Waals surface area contributed by atoms with Crippen molar-refractivity contribution in [2.75, 3.05) is 13.1 Å². The van der Waals surface area contributed by atoms with Gasteiger partial charge in [0, 0.05) is 6.54 Å². The van der Waals surface area contributed by atoms with Crippen LogP contribution < -0.4 is 10.1 Å². The van der Waals surface area contributed by atoms with Crippen LogP contribution in [-0.4, -0.2) is 19.2 Å². The number of hydrogen-bond donors (Lipinski definition) is 1. The third-order valence-corrected chi connectivity index (χ3v) is 3.04. The van der Waals surface area contributed by atoms with Crippen molar-refractivity contribution in [2.24, 2.45) is 0 Å². The van der Waals surface area contributed by atoms with E-state index in [0.717, 1.165) is 44.5 Å². The van der Waals surface area contributed by atoms with E-state index in [2.05, 4.69) is 43.9 Å². The molecule has 19 heavy (non-hydrogen) atoms. The highest BCUT2D eigenvalue weighted by molar-refractivity contribution is 5.34. The standard InChI is InChI=1S/C17H27NO/c1-4-9-15-11-7-8-12-17(15)19-16(10-5-2)14-18-13-6-3/h4,7-8,11-12,16,18H,1,5-6,9-10,13-14H2,2-3H3. The van der Waals surface area contributed by atoms with E-state index < -0.39 is 0 Å². The molecule has 0 spiro atoms. The lowest BCUT2D eigenvalue weighted by Crippen LogP contribution is -2.32. The molecule has 1 unspecified atom stereocenters. The number of nitrogens with one attached hydrogen (secondary N) is 1. The van der Waals surface area contributed by atoms with Gasteiger partial charge in [-0.1, -0.05) is 44.5 Å². The van der Waals surface area contributed by atoms with Gasteiger partial charge in [-0.15, -0.1) is 6.58 Å². The molecule has 1 N–H and O–H groups in total. The molecule has 1 atom stereocenters. The summed E-state index contributed by atoms with van der Waals surface area (Å²) >= 11 is 0. The van der Waals surface area contributed by atoms with Gasteiger partial charge in [-0.3, -0.25) is 0 Å². The van der Waals surface area contributed by atoms with Crippen LogP contribution in [0, 0.1) is 0 Å². The smallest absolute Gasteiger partial charge is 0.123 e. The second-order valence-electron chi connectivity index (χ2n) is 4.83. The monoisotopic (exact) mass is 261 g/mol. The van der Waals surface area contributed by atoms with Gasteiger partial charge in [-0.25, -0.2) is 0 Å². The SMILES string of the molecule is C=CCc1ccccc1OC(CCC)CNCCC. The second kappa shape index (κ2) is 9.62. The summed E-state index contributed by atoms with van der Waals surface area (Å²) in [7, 11) is 0. The van der Waals surface area contributed by atoms with Gasteiger partial charge in [-0.2, -0.15) is 0 Å². The minimum Gasteiger partial charge on any atom is -0.489 e. The summed E-state index contributed by atoms with van der Waals surface area (Å²) in [5.41, 5.74) is 1.22. The third kappa shape index (κ3) is 5.93. The molecule has 2 nitrogen and oxygen atoms in total. The van der Waals surface area contributed by atoms with Crippen molar-refractivity contribution in [3.63, 3.8) is 0 Å². The van der Waals surface area contributed by atoms with Crippen molar-refractivity contribution in [3.8, 4) is 5.75 Å². The normalized spacial score (nSPS) is 12.1. The van der Waals surface area contributed by atoms with Crippen LogP contribution in [0.4, 0.5) is 0 Å².